The van der Waals surface area contributed by atoms with Gasteiger partial charge in [-0.2, -0.15) is 61.5 Å². The summed E-state index contributed by atoms with van der Waals surface area (Å²) in [6.45, 7) is 15.5. The highest BCUT2D eigenvalue weighted by atomic mass is 19.4. The Morgan fingerprint density at radius 2 is 0.731 bits per heavy atom. The lowest BCUT2D eigenvalue weighted by Gasteiger charge is -2.23. The Morgan fingerprint density at radius 1 is 0.462 bits per heavy atom. The van der Waals surface area contributed by atoms with Crippen LogP contribution in [0.15, 0.2) is 0 Å². The second-order valence-electron chi connectivity index (χ2n) is 15.2. The number of halogens is 16. The maximum atomic E-state index is 11.8. The van der Waals surface area contributed by atoms with Crippen LogP contribution in [0, 0.1) is 32.5 Å². The molecule has 0 N–H and O–H groups in total. The van der Waals surface area contributed by atoms with Crippen molar-refractivity contribution in [3.05, 3.63) is 0 Å². The van der Waals surface area contributed by atoms with E-state index >= 15 is 0 Å². The lowest BCUT2D eigenvalue weighted by atomic mass is 9.93. The largest absolute Gasteiger partial charge is 0.465 e. The van der Waals surface area contributed by atoms with Crippen molar-refractivity contribution in [2.45, 2.75) is 122 Å². The van der Waals surface area contributed by atoms with Gasteiger partial charge in [-0.15, -0.1) is 0 Å². The molecule has 0 atom stereocenters. The molecule has 0 spiro atoms. The number of carbonyl (C=O) groups is 4. The molecule has 0 bridgehead atoms. The van der Waals surface area contributed by atoms with Gasteiger partial charge in [0.1, 0.15) is 6.67 Å². The predicted molar refractivity (Wildman–Crippen MR) is 155 cm³/mol. The van der Waals surface area contributed by atoms with Crippen LogP contribution in [0.3, 0.4) is 0 Å². The quantitative estimate of drug-likeness (QED) is 0.156. The molecule has 0 rings (SSSR count). The fourth-order valence-electron chi connectivity index (χ4n) is 1.01. The summed E-state index contributed by atoms with van der Waals surface area (Å²) < 4.78 is 191. The average molecular weight is 807 g/mol. The van der Waals surface area contributed by atoms with Crippen LogP contribution in [0.2, 0.25) is 0 Å². The van der Waals surface area contributed by atoms with Gasteiger partial charge in [-0.1, -0.05) is 20.8 Å². The topological polar surface area (TPSA) is 86.7 Å². The summed E-state index contributed by atoms with van der Waals surface area (Å²) in [4.78, 5) is 43.4. The van der Waals surface area contributed by atoms with Gasteiger partial charge >= 0.3 is 48.7 Å². The molecule has 0 saturated heterocycles. The van der Waals surface area contributed by atoms with Crippen molar-refractivity contribution < 1.29 is 99.2 Å². The summed E-state index contributed by atoms with van der Waals surface area (Å²) in [7, 11) is 0. The summed E-state index contributed by atoms with van der Waals surface area (Å²) in [5, 5.41) is 0. The highest BCUT2D eigenvalue weighted by molar-refractivity contribution is 5.77. The molecule has 0 unspecified atom stereocenters. The molecular weight excluding hydrogens is 760 g/mol. The van der Waals surface area contributed by atoms with Crippen molar-refractivity contribution in [2.75, 3.05) is 13.3 Å². The number of hydrogen-bond acceptors (Lipinski definition) is 6. The van der Waals surface area contributed by atoms with Gasteiger partial charge in [-0.3, -0.25) is 23.7 Å². The van der Waals surface area contributed by atoms with E-state index in [-0.39, 0.29) is 16.8 Å². The van der Waals surface area contributed by atoms with E-state index in [0.29, 0.717) is 48.1 Å². The van der Waals surface area contributed by atoms with Gasteiger partial charge in [-0.25, -0.2) is 4.79 Å². The van der Waals surface area contributed by atoms with E-state index in [1.54, 1.807) is 0 Å². The number of ether oxygens (including phenoxy) is 1. The first-order chi connectivity index (χ1) is 22.1. The molecule has 0 aromatic heterocycles. The van der Waals surface area contributed by atoms with E-state index < -0.39 is 71.1 Å². The molecule has 0 heterocycles. The van der Waals surface area contributed by atoms with Crippen molar-refractivity contribution >= 4 is 24.0 Å². The first kappa shape index (κ1) is 58.5. The maximum absolute atomic E-state index is 11.8. The van der Waals surface area contributed by atoms with Crippen molar-refractivity contribution in [3.8, 4) is 0 Å². The Hall–Kier alpha value is -2.84. The molecule has 22 heteroatoms. The van der Waals surface area contributed by atoms with Crippen molar-refractivity contribution in [1.82, 2.24) is 0 Å². The third-order valence-corrected chi connectivity index (χ3v) is 6.04. The summed E-state index contributed by atoms with van der Waals surface area (Å²) in [5.74, 6) is -2.07. The highest BCUT2D eigenvalue weighted by Gasteiger charge is 2.55. The zero-order valence-electron chi connectivity index (χ0n) is 30.9. The number of rotatable bonds is 5. The lowest BCUT2D eigenvalue weighted by Crippen LogP contribution is -2.39. The number of alkyl halides is 13. The number of hydrogen-bond donors (Lipinski definition) is 0. The Morgan fingerprint density at radius 3 is 0.808 bits per heavy atom. The fourth-order valence-corrected chi connectivity index (χ4v) is 1.01. The van der Waals surface area contributed by atoms with E-state index in [9.17, 15) is 89.6 Å². The van der Waals surface area contributed by atoms with Crippen molar-refractivity contribution in [1.29, 1.82) is 0 Å². The number of esters is 1. The summed E-state index contributed by atoms with van der Waals surface area (Å²) >= 11 is 0. The normalized spacial score (nSPS) is 13.3. The number of carbonyl (C=O) groups excluding carboxylic acids is 4. The smallest absolute Gasteiger partial charge is 0.404 e. The van der Waals surface area contributed by atoms with E-state index in [4.69, 9.17) is 4.74 Å². The van der Waals surface area contributed by atoms with E-state index in [2.05, 4.69) is 4.94 Å². The Kier molecular flexibility index (Phi) is 22.5. The van der Waals surface area contributed by atoms with Crippen LogP contribution >= 0.6 is 0 Å². The van der Waals surface area contributed by atoms with Gasteiger partial charge in [0, 0.05) is 4.53 Å². The Labute approximate surface area is 291 Å². The van der Waals surface area contributed by atoms with E-state index in [1.165, 1.54) is 0 Å². The Balaban J connectivity index is -0.000000178. The van der Waals surface area contributed by atoms with Crippen LogP contribution in [0.25, 0.3) is 0 Å². The van der Waals surface area contributed by atoms with Crippen LogP contribution in [-0.4, -0.2) is 62.0 Å². The molecule has 0 aromatic rings. The monoisotopic (exact) mass is 806 g/mol. The predicted octanol–water partition coefficient (Wildman–Crippen LogP) is 11.3. The third kappa shape index (κ3) is 21.6. The maximum Gasteiger partial charge on any atom is 0.404 e. The minimum Gasteiger partial charge on any atom is -0.465 e. The van der Waals surface area contributed by atoms with Crippen LogP contribution in [0.1, 0.15) is 96.9 Å². The van der Waals surface area contributed by atoms with Gasteiger partial charge in [0.2, 0.25) is 0 Å². The van der Waals surface area contributed by atoms with Gasteiger partial charge < -0.3 is 4.74 Å². The Bertz CT molecular complexity index is 1080. The van der Waals surface area contributed by atoms with Crippen LogP contribution < -0.4 is 0 Å². The summed E-state index contributed by atoms with van der Waals surface area (Å²) in [6, 6.07) is -4.72. The second-order valence-corrected chi connectivity index (χ2v) is 15.2. The lowest BCUT2D eigenvalue weighted by molar-refractivity contribution is -0.246. The van der Waals surface area contributed by atoms with Gasteiger partial charge in [0.05, 0.1) is 17.4 Å². The standard InChI is InChI=1S/C10H20O2.C5H6F4O2.2C5H6F4O.C5H8F4/c1-9(2,3)7-12-8(11)10(4,5)6;1-4(2,3(10)11-9)5(6,7)8;2*1-4(2,3(6)10)5(7,8)9;1-4(2,3-6)5(7,8)9/h7H2,1-6H3;1-2H3;2*1-2H3;3H2,1-2H3. The second kappa shape index (κ2) is 20.0. The summed E-state index contributed by atoms with van der Waals surface area (Å²) in [6.07, 6.45) is -18.8. The SMILES string of the molecule is CC(C)(C(=O)F)C(F)(F)F.CC(C)(C(=O)F)C(F)(F)F.CC(C)(C(=O)OF)C(F)(F)F.CC(C)(C)COC(=O)C(C)(C)C.CC(C)(CF)C(F)(F)F. The molecule has 0 aliphatic rings. The molecule has 0 fully saturated rings. The molecule has 6 nitrogen and oxygen atoms in total. The van der Waals surface area contributed by atoms with Gasteiger partial charge in [0.25, 0.3) is 0 Å². The molecular formula is C30H46F16O6. The van der Waals surface area contributed by atoms with Crippen LogP contribution in [0.5, 0.6) is 0 Å². The molecule has 52 heavy (non-hydrogen) atoms. The molecule has 0 radical (unpaired) electrons. The highest BCUT2D eigenvalue weighted by Crippen LogP contribution is 2.40. The first-order valence-electron chi connectivity index (χ1n) is 14.3. The molecule has 0 amide bonds. The van der Waals surface area contributed by atoms with Crippen molar-refractivity contribution in [2.24, 2.45) is 32.5 Å². The minimum atomic E-state index is -4.81. The van der Waals surface area contributed by atoms with Crippen molar-refractivity contribution in [3.63, 3.8) is 0 Å². The van der Waals surface area contributed by atoms with Crippen LogP contribution in [-0.2, 0) is 28.9 Å². The molecule has 0 aliphatic heterocycles. The summed E-state index contributed by atoms with van der Waals surface area (Å²) in [5.41, 5.74) is -11.0. The molecule has 0 saturated carbocycles. The fraction of sp³-hybridized carbons (Fsp3) is 0.867. The molecule has 0 aromatic carbocycles. The zero-order chi connectivity index (χ0) is 44.1. The third-order valence-electron chi connectivity index (χ3n) is 6.04. The van der Waals surface area contributed by atoms with E-state index in [1.807, 2.05) is 41.5 Å². The van der Waals surface area contributed by atoms with Gasteiger partial charge in [0.15, 0.2) is 16.2 Å². The van der Waals surface area contributed by atoms with Crippen LogP contribution in [0.4, 0.5) is 70.4 Å². The van der Waals surface area contributed by atoms with E-state index in [0.717, 1.165) is 13.8 Å². The average Bonchev–Trinajstić information content (AvgIpc) is 2.88. The zero-order valence-corrected chi connectivity index (χ0v) is 30.9. The minimum absolute atomic E-state index is 0.0565. The molecule has 0 aliphatic carbocycles. The first-order valence-corrected chi connectivity index (χ1v) is 14.3. The van der Waals surface area contributed by atoms with Gasteiger partial charge in [-0.05, 0) is 81.6 Å². The molecule has 314 valence electrons.